The summed E-state index contributed by atoms with van der Waals surface area (Å²) in [5, 5.41) is 2.00. The van der Waals surface area contributed by atoms with Crippen molar-refractivity contribution in [3.8, 4) is 17.2 Å². The van der Waals surface area contributed by atoms with Crippen LogP contribution in [0.15, 0.2) is 59.1 Å². The van der Waals surface area contributed by atoms with Crippen LogP contribution in [0.5, 0.6) is 17.2 Å². The van der Waals surface area contributed by atoms with Crippen LogP contribution in [0.4, 0.5) is 0 Å². The minimum Gasteiger partial charge on any atom is -0.493 e. The van der Waals surface area contributed by atoms with Gasteiger partial charge in [0.15, 0.2) is 23.9 Å². The van der Waals surface area contributed by atoms with Crippen molar-refractivity contribution in [2.45, 2.75) is 6.92 Å². The number of ketones is 1. The fraction of sp³-hybridized carbons (Fsp3) is 0.143. The SMILES string of the molecule is COc1cc(C(C)=O)ccc1OCC(=O)Oc1ccc2cc(Br)ccc2c1. The van der Waals surface area contributed by atoms with Crippen molar-refractivity contribution in [2.75, 3.05) is 13.7 Å². The van der Waals surface area contributed by atoms with Crippen LogP contribution in [0.25, 0.3) is 10.8 Å². The lowest BCUT2D eigenvalue weighted by atomic mass is 10.1. The molecule has 0 N–H and O–H groups in total. The summed E-state index contributed by atoms with van der Waals surface area (Å²) in [4.78, 5) is 23.5. The van der Waals surface area contributed by atoms with E-state index in [0.717, 1.165) is 15.2 Å². The van der Waals surface area contributed by atoms with Gasteiger partial charge in [0.1, 0.15) is 5.75 Å². The Labute approximate surface area is 165 Å². The molecule has 0 bridgehead atoms. The molecule has 0 saturated heterocycles. The van der Waals surface area contributed by atoms with Crippen LogP contribution in [-0.4, -0.2) is 25.5 Å². The van der Waals surface area contributed by atoms with E-state index >= 15 is 0 Å². The molecule has 0 aliphatic heterocycles. The number of Topliss-reactive ketones (excluding diaryl/α,β-unsaturated/α-hetero) is 1. The van der Waals surface area contributed by atoms with Crippen LogP contribution in [0, 0.1) is 0 Å². The van der Waals surface area contributed by atoms with Crippen molar-refractivity contribution < 1.29 is 23.8 Å². The second kappa shape index (κ2) is 8.22. The molecule has 0 unspecified atom stereocenters. The Morgan fingerprint density at radius 3 is 2.41 bits per heavy atom. The van der Waals surface area contributed by atoms with Crippen molar-refractivity contribution in [2.24, 2.45) is 0 Å². The van der Waals surface area contributed by atoms with Gasteiger partial charge >= 0.3 is 5.97 Å². The minimum atomic E-state index is -0.538. The van der Waals surface area contributed by atoms with Crippen LogP contribution in [0.3, 0.4) is 0 Å². The summed E-state index contributed by atoms with van der Waals surface area (Å²) in [6, 6.07) is 16.0. The summed E-state index contributed by atoms with van der Waals surface area (Å²) in [7, 11) is 1.47. The molecule has 6 heteroatoms. The van der Waals surface area contributed by atoms with Gasteiger partial charge in [-0.05, 0) is 60.2 Å². The predicted octanol–water partition coefficient (Wildman–Crippen LogP) is 4.80. The van der Waals surface area contributed by atoms with Gasteiger partial charge in [0.25, 0.3) is 0 Å². The van der Waals surface area contributed by atoms with Crippen molar-refractivity contribution in [1.29, 1.82) is 0 Å². The summed E-state index contributed by atoms with van der Waals surface area (Å²) in [6.07, 6.45) is 0. The third kappa shape index (κ3) is 4.65. The fourth-order valence-corrected chi connectivity index (χ4v) is 2.94. The van der Waals surface area contributed by atoms with E-state index in [1.807, 2.05) is 24.3 Å². The Morgan fingerprint density at radius 2 is 1.67 bits per heavy atom. The number of carbonyl (C=O) groups excluding carboxylic acids is 2. The Kier molecular flexibility index (Phi) is 5.76. The number of halogens is 1. The zero-order valence-electron chi connectivity index (χ0n) is 14.8. The Bertz CT molecular complexity index is 1010. The lowest BCUT2D eigenvalue weighted by Gasteiger charge is -2.11. The zero-order chi connectivity index (χ0) is 19.4. The van der Waals surface area contributed by atoms with E-state index in [1.165, 1.54) is 14.0 Å². The fourth-order valence-electron chi connectivity index (χ4n) is 2.56. The highest BCUT2D eigenvalue weighted by atomic mass is 79.9. The third-order valence-corrected chi connectivity index (χ3v) is 4.41. The van der Waals surface area contributed by atoms with Crippen LogP contribution in [-0.2, 0) is 4.79 Å². The highest BCUT2D eigenvalue weighted by molar-refractivity contribution is 9.10. The van der Waals surface area contributed by atoms with Crippen molar-refractivity contribution in [1.82, 2.24) is 0 Å². The topological polar surface area (TPSA) is 61.8 Å². The Hall–Kier alpha value is -2.86. The molecule has 138 valence electrons. The molecule has 0 heterocycles. The molecular formula is C21H17BrO5. The standard InChI is InChI=1S/C21H17BrO5/c1-13(23)14-5-8-19(20(11-14)25-2)26-12-21(24)27-18-7-4-15-9-17(22)6-3-16(15)10-18/h3-11H,12H2,1-2H3. The quantitative estimate of drug-likeness (QED) is 0.320. The first-order valence-electron chi connectivity index (χ1n) is 8.18. The zero-order valence-corrected chi connectivity index (χ0v) is 16.4. The van der Waals surface area contributed by atoms with Crippen LogP contribution in [0.1, 0.15) is 17.3 Å². The summed E-state index contributed by atoms with van der Waals surface area (Å²) in [5.74, 6) is 0.568. The number of hydrogen-bond donors (Lipinski definition) is 0. The molecular weight excluding hydrogens is 412 g/mol. The van der Waals surface area contributed by atoms with Crippen molar-refractivity contribution in [3.05, 3.63) is 64.6 Å². The molecule has 0 spiro atoms. The molecule has 0 radical (unpaired) electrons. The van der Waals surface area contributed by atoms with Gasteiger partial charge in [-0.1, -0.05) is 28.1 Å². The first kappa shape index (κ1) is 18.9. The number of esters is 1. The maximum atomic E-state index is 12.1. The van der Waals surface area contributed by atoms with Gasteiger partial charge in [-0.2, -0.15) is 0 Å². The van der Waals surface area contributed by atoms with E-state index in [4.69, 9.17) is 14.2 Å². The largest absolute Gasteiger partial charge is 0.493 e. The number of carbonyl (C=O) groups is 2. The van der Waals surface area contributed by atoms with E-state index in [2.05, 4.69) is 15.9 Å². The average molecular weight is 429 g/mol. The molecule has 27 heavy (non-hydrogen) atoms. The first-order chi connectivity index (χ1) is 13.0. The maximum absolute atomic E-state index is 12.1. The van der Waals surface area contributed by atoms with Crippen LogP contribution in [0.2, 0.25) is 0 Å². The third-order valence-electron chi connectivity index (χ3n) is 3.92. The second-order valence-electron chi connectivity index (χ2n) is 5.84. The smallest absolute Gasteiger partial charge is 0.349 e. The highest BCUT2D eigenvalue weighted by Gasteiger charge is 2.12. The van der Waals surface area contributed by atoms with E-state index in [9.17, 15) is 9.59 Å². The van der Waals surface area contributed by atoms with Gasteiger partial charge in [-0.3, -0.25) is 4.79 Å². The summed E-state index contributed by atoms with van der Waals surface area (Å²) in [6.45, 7) is 1.18. The number of hydrogen-bond acceptors (Lipinski definition) is 5. The lowest BCUT2D eigenvalue weighted by Crippen LogP contribution is -2.18. The van der Waals surface area contributed by atoms with E-state index in [-0.39, 0.29) is 12.4 Å². The number of methoxy groups -OCH3 is 1. The number of rotatable bonds is 6. The Balaban J connectivity index is 1.66. The molecule has 0 aliphatic carbocycles. The number of ether oxygens (including phenoxy) is 3. The molecule has 3 aromatic rings. The molecule has 0 atom stereocenters. The van der Waals surface area contributed by atoms with E-state index < -0.39 is 5.97 Å². The van der Waals surface area contributed by atoms with Crippen molar-refractivity contribution >= 4 is 38.5 Å². The average Bonchev–Trinajstić information content (AvgIpc) is 2.66. The summed E-state index contributed by atoms with van der Waals surface area (Å²) < 4.78 is 17.0. The molecule has 0 fully saturated rings. The van der Waals surface area contributed by atoms with Gasteiger partial charge in [0.2, 0.25) is 0 Å². The minimum absolute atomic E-state index is 0.0809. The monoisotopic (exact) mass is 428 g/mol. The molecule has 0 aliphatic rings. The van der Waals surface area contributed by atoms with Gasteiger partial charge in [0, 0.05) is 10.0 Å². The predicted molar refractivity (Wildman–Crippen MR) is 106 cm³/mol. The molecule has 3 rings (SSSR count). The van der Waals surface area contributed by atoms with Crippen molar-refractivity contribution in [3.63, 3.8) is 0 Å². The number of benzene rings is 3. The molecule has 0 aromatic heterocycles. The van der Waals surface area contributed by atoms with Crippen LogP contribution >= 0.6 is 15.9 Å². The Morgan fingerprint density at radius 1 is 0.926 bits per heavy atom. The van der Waals surface area contributed by atoms with Gasteiger partial charge < -0.3 is 14.2 Å². The molecule has 0 amide bonds. The summed E-state index contributed by atoms with van der Waals surface area (Å²) >= 11 is 3.43. The number of fused-ring (bicyclic) bond motifs is 1. The van der Waals surface area contributed by atoms with Gasteiger partial charge in [0.05, 0.1) is 7.11 Å². The lowest BCUT2D eigenvalue weighted by molar-refractivity contribution is -0.136. The van der Waals surface area contributed by atoms with E-state index in [1.54, 1.807) is 30.3 Å². The molecule has 3 aromatic carbocycles. The first-order valence-corrected chi connectivity index (χ1v) is 8.97. The molecule has 0 saturated carbocycles. The second-order valence-corrected chi connectivity index (χ2v) is 6.75. The van der Waals surface area contributed by atoms with Gasteiger partial charge in [-0.15, -0.1) is 0 Å². The highest BCUT2D eigenvalue weighted by Crippen LogP contribution is 2.28. The van der Waals surface area contributed by atoms with Crippen LogP contribution < -0.4 is 14.2 Å². The maximum Gasteiger partial charge on any atom is 0.349 e. The normalized spacial score (nSPS) is 10.5. The van der Waals surface area contributed by atoms with Gasteiger partial charge in [-0.25, -0.2) is 4.79 Å². The summed E-state index contributed by atoms with van der Waals surface area (Å²) in [5.41, 5.74) is 0.504. The molecule has 5 nitrogen and oxygen atoms in total. The van der Waals surface area contributed by atoms with E-state index in [0.29, 0.717) is 22.8 Å².